The molecule has 2 aliphatic rings. The van der Waals surface area contributed by atoms with Gasteiger partial charge in [0.1, 0.15) is 0 Å². The van der Waals surface area contributed by atoms with Gasteiger partial charge in [0.05, 0.1) is 17.8 Å². The number of hydrogen-bond acceptors (Lipinski definition) is 6. The van der Waals surface area contributed by atoms with E-state index in [9.17, 15) is 13.2 Å². The highest BCUT2D eigenvalue weighted by Crippen LogP contribution is 2.42. The summed E-state index contributed by atoms with van der Waals surface area (Å²) in [6, 6.07) is 12.8. The molecule has 5 rings (SSSR count). The van der Waals surface area contributed by atoms with E-state index in [0.717, 1.165) is 16.3 Å². The standard InChI is InChI=1S/C19H15N5O3S2/c25-18(21-14-2-4-15(5-3-14)23-8-7-20-12-23)13-1-6-16-17(11-13)28-19-22-29(26,27)10-9-24(16)19/h1-8,11-12H,9-10H2,(H,21,25). The first kappa shape index (κ1) is 18.0. The van der Waals surface area contributed by atoms with Gasteiger partial charge in [-0.25, -0.2) is 13.4 Å². The normalized spacial score (nSPS) is 16.7. The fourth-order valence-corrected chi connectivity index (χ4v) is 5.50. The molecule has 0 saturated carbocycles. The molecule has 0 aliphatic carbocycles. The number of anilines is 2. The summed E-state index contributed by atoms with van der Waals surface area (Å²) in [5.41, 5.74) is 3.00. The molecule has 0 unspecified atom stereocenters. The van der Waals surface area contributed by atoms with E-state index in [4.69, 9.17) is 0 Å². The molecule has 0 bridgehead atoms. The SMILES string of the molecule is O=C(Nc1ccc(-n2ccnc2)cc1)c1ccc2c(c1)SC1=NS(=O)(=O)CCN12. The van der Waals surface area contributed by atoms with E-state index in [2.05, 4.69) is 14.7 Å². The van der Waals surface area contributed by atoms with Crippen molar-refractivity contribution < 1.29 is 13.2 Å². The summed E-state index contributed by atoms with van der Waals surface area (Å²) in [4.78, 5) is 19.4. The summed E-state index contributed by atoms with van der Waals surface area (Å²) < 4.78 is 29.2. The van der Waals surface area contributed by atoms with Gasteiger partial charge < -0.3 is 14.8 Å². The first-order valence-electron chi connectivity index (χ1n) is 8.80. The van der Waals surface area contributed by atoms with Crippen LogP contribution >= 0.6 is 11.8 Å². The molecule has 0 saturated heterocycles. The number of nitrogens with zero attached hydrogens (tertiary/aromatic N) is 4. The maximum absolute atomic E-state index is 12.7. The summed E-state index contributed by atoms with van der Waals surface area (Å²) in [5.74, 6) is -0.239. The lowest BCUT2D eigenvalue weighted by Crippen LogP contribution is -2.35. The van der Waals surface area contributed by atoms with Gasteiger partial charge in [-0.3, -0.25) is 4.79 Å². The average Bonchev–Trinajstić information content (AvgIpc) is 3.34. The van der Waals surface area contributed by atoms with Crippen molar-refractivity contribution in [1.29, 1.82) is 0 Å². The van der Waals surface area contributed by atoms with Gasteiger partial charge >= 0.3 is 0 Å². The predicted molar refractivity (Wildman–Crippen MR) is 112 cm³/mol. The van der Waals surface area contributed by atoms with Crippen LogP contribution in [-0.2, 0) is 10.0 Å². The highest BCUT2D eigenvalue weighted by Gasteiger charge is 2.33. The van der Waals surface area contributed by atoms with Gasteiger partial charge in [-0.15, -0.1) is 4.40 Å². The van der Waals surface area contributed by atoms with Crippen molar-refractivity contribution in [2.24, 2.45) is 4.40 Å². The monoisotopic (exact) mass is 425 g/mol. The van der Waals surface area contributed by atoms with E-state index in [1.807, 2.05) is 46.0 Å². The number of nitrogens with one attached hydrogen (secondary N) is 1. The van der Waals surface area contributed by atoms with E-state index >= 15 is 0 Å². The molecule has 10 heteroatoms. The third kappa shape index (κ3) is 3.40. The fraction of sp³-hybridized carbons (Fsp3) is 0.105. The lowest BCUT2D eigenvalue weighted by Gasteiger charge is -2.22. The van der Waals surface area contributed by atoms with Gasteiger partial charge in [-0.2, -0.15) is 0 Å². The van der Waals surface area contributed by atoms with Gasteiger partial charge in [0.15, 0.2) is 5.17 Å². The highest BCUT2D eigenvalue weighted by molar-refractivity contribution is 8.15. The van der Waals surface area contributed by atoms with Crippen LogP contribution in [-0.4, -0.2) is 41.3 Å². The second-order valence-electron chi connectivity index (χ2n) is 6.57. The molecule has 3 heterocycles. The van der Waals surface area contributed by atoms with Gasteiger partial charge in [-0.05, 0) is 54.2 Å². The number of sulfonamides is 1. The summed E-state index contributed by atoms with van der Waals surface area (Å²) in [6.45, 7) is 0.371. The number of aromatic nitrogens is 2. The number of hydrogen-bond donors (Lipinski definition) is 1. The van der Waals surface area contributed by atoms with Gasteiger partial charge in [-0.1, -0.05) is 0 Å². The van der Waals surface area contributed by atoms with Crippen LogP contribution in [0.2, 0.25) is 0 Å². The molecule has 0 atom stereocenters. The number of thioether (sulfide) groups is 1. The smallest absolute Gasteiger partial charge is 0.257 e. The zero-order valence-corrected chi connectivity index (χ0v) is 16.7. The molecule has 0 radical (unpaired) electrons. The summed E-state index contributed by atoms with van der Waals surface area (Å²) in [7, 11) is -3.40. The number of imidazole rings is 1. The van der Waals surface area contributed by atoms with Crippen molar-refractivity contribution >= 4 is 44.2 Å². The van der Waals surface area contributed by atoms with E-state index < -0.39 is 10.0 Å². The lowest BCUT2D eigenvalue weighted by molar-refractivity contribution is 0.102. The maximum Gasteiger partial charge on any atom is 0.257 e. The van der Waals surface area contributed by atoms with E-state index in [-0.39, 0.29) is 11.7 Å². The molecule has 146 valence electrons. The highest BCUT2D eigenvalue weighted by atomic mass is 32.2. The largest absolute Gasteiger partial charge is 0.322 e. The van der Waals surface area contributed by atoms with Crippen LogP contribution in [0.1, 0.15) is 10.4 Å². The molecule has 1 N–H and O–H groups in total. The molecular formula is C19H15N5O3S2. The van der Waals surface area contributed by atoms with Crippen molar-refractivity contribution in [3.05, 3.63) is 66.7 Å². The second kappa shape index (κ2) is 6.75. The van der Waals surface area contributed by atoms with E-state index in [0.29, 0.717) is 23.0 Å². The van der Waals surface area contributed by atoms with Crippen molar-refractivity contribution in [3.8, 4) is 5.69 Å². The molecule has 2 aliphatic heterocycles. The quantitative estimate of drug-likeness (QED) is 0.693. The number of carbonyl (C=O) groups is 1. The van der Waals surface area contributed by atoms with Gasteiger partial charge in [0.25, 0.3) is 15.9 Å². The number of amidine groups is 1. The van der Waals surface area contributed by atoms with Crippen molar-refractivity contribution in [2.75, 3.05) is 22.5 Å². The second-order valence-corrected chi connectivity index (χ2v) is 9.33. The summed E-state index contributed by atoms with van der Waals surface area (Å²) in [6.07, 6.45) is 5.26. The van der Waals surface area contributed by atoms with E-state index in [1.54, 1.807) is 24.7 Å². The Bertz CT molecular complexity index is 1240. The summed E-state index contributed by atoms with van der Waals surface area (Å²) in [5, 5.41) is 3.33. The third-order valence-electron chi connectivity index (χ3n) is 4.66. The Balaban J connectivity index is 1.34. The Kier molecular flexibility index (Phi) is 4.18. The van der Waals surface area contributed by atoms with Crippen LogP contribution in [0.15, 0.2) is 70.5 Å². The zero-order valence-electron chi connectivity index (χ0n) is 15.0. The molecule has 2 aromatic carbocycles. The van der Waals surface area contributed by atoms with Gasteiger partial charge in [0, 0.05) is 40.8 Å². The average molecular weight is 425 g/mol. The number of carbonyl (C=O) groups excluding carboxylic acids is 1. The van der Waals surface area contributed by atoms with Crippen LogP contribution < -0.4 is 10.2 Å². The first-order chi connectivity index (χ1) is 14.0. The number of amides is 1. The van der Waals surface area contributed by atoms with Crippen LogP contribution in [0.25, 0.3) is 5.69 Å². The first-order valence-corrected chi connectivity index (χ1v) is 11.2. The molecule has 1 amide bonds. The topological polar surface area (TPSA) is 96.7 Å². The van der Waals surface area contributed by atoms with Gasteiger partial charge in [0.2, 0.25) is 0 Å². The van der Waals surface area contributed by atoms with Crippen LogP contribution in [0.3, 0.4) is 0 Å². The van der Waals surface area contributed by atoms with Crippen molar-refractivity contribution in [2.45, 2.75) is 4.90 Å². The molecule has 29 heavy (non-hydrogen) atoms. The number of benzene rings is 2. The number of fused-ring (bicyclic) bond motifs is 3. The van der Waals surface area contributed by atoms with Crippen molar-refractivity contribution in [3.63, 3.8) is 0 Å². The Hall–Kier alpha value is -3.11. The van der Waals surface area contributed by atoms with Crippen LogP contribution in [0.5, 0.6) is 0 Å². The van der Waals surface area contributed by atoms with Crippen molar-refractivity contribution in [1.82, 2.24) is 9.55 Å². The molecule has 8 nitrogen and oxygen atoms in total. The molecule has 3 aromatic rings. The van der Waals surface area contributed by atoms with E-state index in [1.165, 1.54) is 11.8 Å². The molecular weight excluding hydrogens is 410 g/mol. The van der Waals surface area contributed by atoms with Crippen LogP contribution in [0, 0.1) is 0 Å². The summed E-state index contributed by atoms with van der Waals surface area (Å²) >= 11 is 1.27. The Morgan fingerprint density at radius 2 is 1.97 bits per heavy atom. The lowest BCUT2D eigenvalue weighted by atomic mass is 10.1. The molecule has 0 fully saturated rings. The minimum absolute atomic E-state index is 0.00614. The Morgan fingerprint density at radius 3 is 2.72 bits per heavy atom. The minimum Gasteiger partial charge on any atom is -0.322 e. The fourth-order valence-electron chi connectivity index (χ4n) is 3.20. The maximum atomic E-state index is 12.7. The molecule has 0 spiro atoms. The predicted octanol–water partition coefficient (Wildman–Crippen LogP) is 2.74. The third-order valence-corrected chi connectivity index (χ3v) is 6.97. The zero-order chi connectivity index (χ0) is 20.0. The minimum atomic E-state index is -3.40. The number of rotatable bonds is 3. The Labute approximate surface area is 171 Å². The molecule has 1 aromatic heterocycles. The Morgan fingerprint density at radius 1 is 1.14 bits per heavy atom. The van der Waals surface area contributed by atoms with Crippen LogP contribution in [0.4, 0.5) is 11.4 Å².